The predicted octanol–water partition coefficient (Wildman–Crippen LogP) is 5.81. The molecular formula is C26H32ClN5O3. The second kappa shape index (κ2) is 15.4. The minimum atomic E-state index is -0.382. The molecule has 0 saturated heterocycles. The molecule has 3 N–H and O–H groups in total. The van der Waals surface area contributed by atoms with Crippen LogP contribution >= 0.6 is 11.6 Å². The van der Waals surface area contributed by atoms with E-state index < -0.39 is 0 Å². The Morgan fingerprint density at radius 2 is 1.54 bits per heavy atom. The minimum absolute atomic E-state index is 0.245. The maximum atomic E-state index is 12.4. The third-order valence-electron chi connectivity index (χ3n) is 4.95. The number of anilines is 3. The van der Waals surface area contributed by atoms with Crippen LogP contribution in [0.3, 0.4) is 0 Å². The van der Waals surface area contributed by atoms with E-state index in [1.54, 1.807) is 11.5 Å². The van der Waals surface area contributed by atoms with Gasteiger partial charge in [-0.1, -0.05) is 68.6 Å². The topological polar surface area (TPSA) is 107 Å². The van der Waals surface area contributed by atoms with Crippen LogP contribution < -0.4 is 15.7 Å². The van der Waals surface area contributed by atoms with Gasteiger partial charge in [0.25, 0.3) is 5.91 Å². The number of rotatable bonds is 11. The van der Waals surface area contributed by atoms with Crippen molar-refractivity contribution in [1.29, 1.82) is 0 Å². The molecule has 0 saturated carbocycles. The zero-order valence-corrected chi connectivity index (χ0v) is 20.8. The van der Waals surface area contributed by atoms with Gasteiger partial charge in [0.05, 0.1) is 16.3 Å². The van der Waals surface area contributed by atoms with E-state index in [-0.39, 0.29) is 11.8 Å². The molecule has 3 aromatic rings. The SMILES string of the molecule is CC.O=C(CCCCCCNC(=O)c1cnc(N(c2ccccc2)c2ccccc2Cl)nc1)NO. The number of amides is 2. The van der Waals surface area contributed by atoms with Crippen molar-refractivity contribution in [3.8, 4) is 0 Å². The van der Waals surface area contributed by atoms with Crippen LogP contribution in [0.2, 0.25) is 5.02 Å². The average Bonchev–Trinajstić information content (AvgIpc) is 2.91. The number of hydrogen-bond donors (Lipinski definition) is 3. The Bertz CT molecular complexity index is 1050. The lowest BCUT2D eigenvalue weighted by atomic mass is 10.1. The second-order valence-electron chi connectivity index (χ2n) is 7.35. The first-order valence-corrected chi connectivity index (χ1v) is 12.1. The normalized spacial score (nSPS) is 10.1. The van der Waals surface area contributed by atoms with E-state index in [0.717, 1.165) is 30.6 Å². The molecule has 0 fully saturated rings. The van der Waals surface area contributed by atoms with Gasteiger partial charge in [0.2, 0.25) is 11.9 Å². The van der Waals surface area contributed by atoms with Crippen molar-refractivity contribution in [2.24, 2.45) is 0 Å². The highest BCUT2D eigenvalue weighted by Gasteiger charge is 2.18. The van der Waals surface area contributed by atoms with Crippen LogP contribution in [0, 0.1) is 0 Å². The van der Waals surface area contributed by atoms with Gasteiger partial charge in [-0.25, -0.2) is 15.4 Å². The summed E-state index contributed by atoms with van der Waals surface area (Å²) in [6.45, 7) is 4.52. The molecule has 186 valence electrons. The smallest absolute Gasteiger partial charge is 0.254 e. The third-order valence-corrected chi connectivity index (χ3v) is 5.27. The number of benzene rings is 2. The number of nitrogens with zero attached hydrogens (tertiary/aromatic N) is 3. The van der Waals surface area contributed by atoms with E-state index >= 15 is 0 Å². The number of para-hydroxylation sites is 2. The maximum absolute atomic E-state index is 12.4. The standard InChI is InChI=1S/C24H26ClN5O3.C2H6/c25-20-12-7-8-13-21(20)30(19-10-4-3-5-11-19)24-27-16-18(17-28-24)23(32)26-15-9-2-1-6-14-22(31)29-33;1-2/h3-5,7-8,10-13,16-17,33H,1-2,6,9,14-15H2,(H,26,32)(H,29,31);1-2H3. The largest absolute Gasteiger partial charge is 0.352 e. The lowest BCUT2D eigenvalue weighted by Gasteiger charge is -2.23. The van der Waals surface area contributed by atoms with Crippen LogP contribution in [-0.4, -0.2) is 33.5 Å². The van der Waals surface area contributed by atoms with Gasteiger partial charge in [-0.15, -0.1) is 0 Å². The van der Waals surface area contributed by atoms with E-state index in [4.69, 9.17) is 16.8 Å². The Morgan fingerprint density at radius 3 is 2.20 bits per heavy atom. The summed E-state index contributed by atoms with van der Waals surface area (Å²) in [7, 11) is 0. The Morgan fingerprint density at radius 1 is 0.914 bits per heavy atom. The molecule has 9 heteroatoms. The number of hydroxylamine groups is 1. The van der Waals surface area contributed by atoms with Crippen molar-refractivity contribution in [1.82, 2.24) is 20.8 Å². The molecular weight excluding hydrogens is 466 g/mol. The van der Waals surface area contributed by atoms with Gasteiger partial charge in [-0.3, -0.25) is 19.7 Å². The van der Waals surface area contributed by atoms with Gasteiger partial charge in [0.15, 0.2) is 0 Å². The summed E-state index contributed by atoms with van der Waals surface area (Å²) in [5.41, 5.74) is 3.56. The molecule has 2 amide bonds. The lowest BCUT2D eigenvalue weighted by Crippen LogP contribution is -2.25. The molecule has 35 heavy (non-hydrogen) atoms. The molecule has 0 radical (unpaired) electrons. The van der Waals surface area contributed by atoms with Crippen LogP contribution in [0.4, 0.5) is 17.3 Å². The molecule has 0 unspecified atom stereocenters. The van der Waals surface area contributed by atoms with Crippen molar-refractivity contribution in [2.45, 2.75) is 46.0 Å². The number of halogens is 1. The van der Waals surface area contributed by atoms with Crippen LogP contribution in [-0.2, 0) is 4.79 Å². The molecule has 1 aromatic heterocycles. The van der Waals surface area contributed by atoms with Gasteiger partial charge in [0.1, 0.15) is 0 Å². The Labute approximate surface area is 211 Å². The highest BCUT2D eigenvalue weighted by atomic mass is 35.5. The Balaban J connectivity index is 0.00000210. The molecule has 3 rings (SSSR count). The van der Waals surface area contributed by atoms with Crippen LogP contribution in [0.5, 0.6) is 0 Å². The van der Waals surface area contributed by atoms with Crippen LogP contribution in [0.25, 0.3) is 0 Å². The Kier molecular flexibility index (Phi) is 12.2. The number of carbonyl (C=O) groups is 2. The van der Waals surface area contributed by atoms with E-state index in [1.165, 1.54) is 12.4 Å². The van der Waals surface area contributed by atoms with Gasteiger partial charge in [0, 0.05) is 31.0 Å². The van der Waals surface area contributed by atoms with E-state index in [2.05, 4.69) is 15.3 Å². The Hall–Kier alpha value is -3.49. The van der Waals surface area contributed by atoms with E-state index in [0.29, 0.717) is 35.9 Å². The summed E-state index contributed by atoms with van der Waals surface area (Å²) in [6, 6.07) is 17.1. The third kappa shape index (κ3) is 8.66. The summed E-state index contributed by atoms with van der Waals surface area (Å²) in [5, 5.41) is 11.9. The number of unbranched alkanes of at least 4 members (excludes halogenated alkanes) is 3. The minimum Gasteiger partial charge on any atom is -0.352 e. The first kappa shape index (κ1) is 27.8. The zero-order valence-electron chi connectivity index (χ0n) is 20.1. The monoisotopic (exact) mass is 497 g/mol. The summed E-state index contributed by atoms with van der Waals surface area (Å²) in [4.78, 5) is 34.1. The molecule has 0 aliphatic rings. The molecule has 0 atom stereocenters. The average molecular weight is 498 g/mol. The highest BCUT2D eigenvalue weighted by Crippen LogP contribution is 2.36. The van der Waals surface area contributed by atoms with Gasteiger partial charge in [-0.2, -0.15) is 0 Å². The van der Waals surface area contributed by atoms with Gasteiger partial charge < -0.3 is 5.32 Å². The number of nitrogens with one attached hydrogen (secondary N) is 2. The molecule has 2 aromatic carbocycles. The quantitative estimate of drug-likeness (QED) is 0.175. The number of carbonyl (C=O) groups excluding carboxylic acids is 2. The summed E-state index contributed by atoms with van der Waals surface area (Å²) in [6.07, 6.45) is 6.49. The van der Waals surface area contributed by atoms with Crippen LogP contribution in [0.15, 0.2) is 67.0 Å². The van der Waals surface area contributed by atoms with Crippen molar-refractivity contribution in [3.63, 3.8) is 0 Å². The fourth-order valence-electron chi connectivity index (χ4n) is 3.25. The van der Waals surface area contributed by atoms with Gasteiger partial charge >= 0.3 is 0 Å². The highest BCUT2D eigenvalue weighted by molar-refractivity contribution is 6.33. The zero-order chi connectivity index (χ0) is 25.5. The molecule has 0 aliphatic carbocycles. The summed E-state index contributed by atoms with van der Waals surface area (Å²) < 4.78 is 0. The fourth-order valence-corrected chi connectivity index (χ4v) is 3.47. The first-order chi connectivity index (χ1) is 17.1. The summed E-state index contributed by atoms with van der Waals surface area (Å²) >= 11 is 6.43. The van der Waals surface area contributed by atoms with Crippen molar-refractivity contribution >= 4 is 40.7 Å². The maximum Gasteiger partial charge on any atom is 0.254 e. The van der Waals surface area contributed by atoms with Crippen LogP contribution in [0.1, 0.15) is 56.3 Å². The first-order valence-electron chi connectivity index (χ1n) is 11.7. The number of hydrogen-bond acceptors (Lipinski definition) is 6. The molecule has 1 heterocycles. The number of aromatic nitrogens is 2. The van der Waals surface area contributed by atoms with Gasteiger partial charge in [-0.05, 0) is 37.1 Å². The molecule has 8 nitrogen and oxygen atoms in total. The van der Waals surface area contributed by atoms with Crippen molar-refractivity contribution in [3.05, 3.63) is 77.6 Å². The van der Waals surface area contributed by atoms with Crippen molar-refractivity contribution < 1.29 is 14.8 Å². The lowest BCUT2D eigenvalue weighted by molar-refractivity contribution is -0.129. The summed E-state index contributed by atoms with van der Waals surface area (Å²) in [5.74, 6) is -0.227. The molecule has 0 spiro atoms. The second-order valence-corrected chi connectivity index (χ2v) is 7.76. The van der Waals surface area contributed by atoms with Crippen molar-refractivity contribution in [2.75, 3.05) is 11.4 Å². The molecule has 0 aliphatic heterocycles. The van der Waals surface area contributed by atoms with E-state index in [9.17, 15) is 9.59 Å². The predicted molar refractivity (Wildman–Crippen MR) is 138 cm³/mol. The molecule has 0 bridgehead atoms. The van der Waals surface area contributed by atoms with E-state index in [1.807, 2.05) is 67.3 Å². The fraction of sp³-hybridized carbons (Fsp3) is 0.308.